The highest BCUT2D eigenvalue weighted by atomic mass is 32.2. The van der Waals surface area contributed by atoms with Crippen LogP contribution in [0.2, 0.25) is 0 Å². The van der Waals surface area contributed by atoms with Gasteiger partial charge in [-0.2, -0.15) is 13.2 Å². The van der Waals surface area contributed by atoms with Crippen molar-refractivity contribution in [2.24, 2.45) is 0 Å². The largest absolute Gasteiger partial charge is 0.416 e. The molecule has 0 aliphatic carbocycles. The number of hydrogen-bond donors (Lipinski definition) is 1. The van der Waals surface area contributed by atoms with E-state index in [9.17, 15) is 26.0 Å². The van der Waals surface area contributed by atoms with Crippen LogP contribution in [0.3, 0.4) is 0 Å². The number of hydrogen-bond acceptors (Lipinski definition) is 3. The average Bonchev–Trinajstić information content (AvgIpc) is 2.84. The van der Waals surface area contributed by atoms with Gasteiger partial charge in [0, 0.05) is 0 Å². The predicted molar refractivity (Wildman–Crippen MR) is 66.5 cm³/mol. The third-order valence-electron chi connectivity index (χ3n) is 2.30. The number of alkyl halides is 3. The highest BCUT2D eigenvalue weighted by molar-refractivity contribution is 7.94. The summed E-state index contributed by atoms with van der Waals surface area (Å²) in [5.74, 6) is -1.09. The Morgan fingerprint density at radius 2 is 1.85 bits per heavy atom. The summed E-state index contributed by atoms with van der Waals surface area (Å²) in [5, 5.41) is 1.48. The van der Waals surface area contributed by atoms with Crippen LogP contribution in [0.25, 0.3) is 0 Å². The molecule has 0 bridgehead atoms. The molecule has 0 fully saturated rings. The van der Waals surface area contributed by atoms with Gasteiger partial charge in [-0.15, -0.1) is 11.3 Å². The van der Waals surface area contributed by atoms with E-state index >= 15 is 0 Å². The van der Waals surface area contributed by atoms with Gasteiger partial charge < -0.3 is 0 Å². The van der Waals surface area contributed by atoms with Crippen LogP contribution < -0.4 is 4.72 Å². The van der Waals surface area contributed by atoms with Gasteiger partial charge in [0.1, 0.15) is 10.0 Å². The van der Waals surface area contributed by atoms with Crippen molar-refractivity contribution in [2.45, 2.75) is 10.4 Å². The van der Waals surface area contributed by atoms with Gasteiger partial charge >= 0.3 is 6.18 Å². The fourth-order valence-corrected chi connectivity index (χ4v) is 3.44. The van der Waals surface area contributed by atoms with Gasteiger partial charge in [-0.25, -0.2) is 12.8 Å². The van der Waals surface area contributed by atoms with Crippen molar-refractivity contribution in [3.63, 3.8) is 0 Å². The molecule has 1 heterocycles. The Morgan fingerprint density at radius 3 is 2.40 bits per heavy atom. The number of thiophene rings is 1. The molecule has 0 aliphatic rings. The molecule has 0 saturated carbocycles. The Balaban J connectivity index is 2.39. The van der Waals surface area contributed by atoms with Crippen molar-refractivity contribution in [3.05, 3.63) is 47.1 Å². The Bertz CT molecular complexity index is 709. The Morgan fingerprint density at radius 1 is 1.15 bits per heavy atom. The summed E-state index contributed by atoms with van der Waals surface area (Å²) in [5.41, 5.74) is -1.88. The van der Waals surface area contributed by atoms with Crippen LogP contribution in [0.1, 0.15) is 5.56 Å². The summed E-state index contributed by atoms with van der Waals surface area (Å²) in [6.07, 6.45) is -4.68. The van der Waals surface area contributed by atoms with Crippen molar-refractivity contribution in [1.29, 1.82) is 0 Å². The molecule has 1 N–H and O–H groups in total. The third-order valence-corrected chi connectivity index (χ3v) is 5.06. The Kier molecular flexibility index (Phi) is 3.74. The molecule has 9 heteroatoms. The summed E-state index contributed by atoms with van der Waals surface area (Å²) < 4.78 is 76.3. The van der Waals surface area contributed by atoms with Gasteiger partial charge in [-0.1, -0.05) is 6.07 Å². The molecule has 20 heavy (non-hydrogen) atoms. The van der Waals surface area contributed by atoms with Crippen molar-refractivity contribution in [2.75, 3.05) is 4.72 Å². The maximum atomic E-state index is 13.4. The van der Waals surface area contributed by atoms with Crippen LogP contribution in [0.4, 0.5) is 23.2 Å². The first kappa shape index (κ1) is 14.8. The van der Waals surface area contributed by atoms with E-state index in [1.54, 1.807) is 0 Å². The Hall–Kier alpha value is -1.61. The summed E-state index contributed by atoms with van der Waals surface area (Å²) in [4.78, 5) is 0. The molecule has 0 spiro atoms. The minimum absolute atomic E-state index is 0.116. The van der Waals surface area contributed by atoms with Gasteiger partial charge in [0.05, 0.1) is 11.3 Å². The van der Waals surface area contributed by atoms with Crippen LogP contribution in [-0.4, -0.2) is 8.42 Å². The number of benzene rings is 1. The lowest BCUT2D eigenvalue weighted by Crippen LogP contribution is -2.14. The topological polar surface area (TPSA) is 46.2 Å². The SMILES string of the molecule is O=S(=O)(Nc1cc(C(F)(F)F)ccc1F)c1cccs1. The predicted octanol–water partition coefficient (Wildman–Crippen LogP) is 3.71. The van der Waals surface area contributed by atoms with E-state index in [1.807, 2.05) is 4.72 Å². The molecule has 3 nitrogen and oxygen atoms in total. The van der Waals surface area contributed by atoms with E-state index in [1.165, 1.54) is 17.5 Å². The van der Waals surface area contributed by atoms with E-state index in [0.717, 1.165) is 11.3 Å². The monoisotopic (exact) mass is 325 g/mol. The molecule has 0 unspecified atom stereocenters. The van der Waals surface area contributed by atoms with E-state index in [0.29, 0.717) is 18.2 Å². The summed E-state index contributed by atoms with van der Waals surface area (Å²) >= 11 is 0.870. The second-order valence-corrected chi connectivity index (χ2v) is 6.59. The van der Waals surface area contributed by atoms with Gasteiger partial charge in [0.2, 0.25) is 0 Å². The average molecular weight is 325 g/mol. The van der Waals surface area contributed by atoms with Gasteiger partial charge in [0.15, 0.2) is 0 Å². The highest BCUT2D eigenvalue weighted by Gasteiger charge is 2.31. The normalized spacial score (nSPS) is 12.4. The summed E-state index contributed by atoms with van der Waals surface area (Å²) in [6, 6.07) is 4.24. The maximum Gasteiger partial charge on any atom is 0.416 e. The van der Waals surface area contributed by atoms with Crippen LogP contribution in [-0.2, 0) is 16.2 Å². The number of halogens is 4. The lowest BCUT2D eigenvalue weighted by atomic mass is 10.2. The molecular formula is C11H7F4NO2S2. The molecule has 2 rings (SSSR count). The van der Waals surface area contributed by atoms with Gasteiger partial charge in [-0.3, -0.25) is 4.72 Å². The van der Waals surface area contributed by atoms with Gasteiger partial charge in [0.25, 0.3) is 10.0 Å². The molecule has 1 aromatic heterocycles. The fraction of sp³-hybridized carbons (Fsp3) is 0.0909. The van der Waals surface area contributed by atoms with E-state index in [-0.39, 0.29) is 4.21 Å². The quantitative estimate of drug-likeness (QED) is 0.875. The van der Waals surface area contributed by atoms with Gasteiger partial charge in [-0.05, 0) is 29.6 Å². The minimum Gasteiger partial charge on any atom is -0.276 e. The second kappa shape index (κ2) is 5.06. The van der Waals surface area contributed by atoms with E-state index in [2.05, 4.69) is 0 Å². The molecule has 0 saturated heterocycles. The van der Waals surface area contributed by atoms with E-state index in [4.69, 9.17) is 0 Å². The molecule has 0 amide bonds. The van der Waals surface area contributed by atoms with E-state index < -0.39 is 33.3 Å². The van der Waals surface area contributed by atoms with Crippen molar-refractivity contribution < 1.29 is 26.0 Å². The van der Waals surface area contributed by atoms with Crippen molar-refractivity contribution >= 4 is 27.0 Å². The number of sulfonamides is 1. The fourth-order valence-electron chi connectivity index (χ4n) is 1.39. The first-order chi connectivity index (χ1) is 9.20. The first-order valence-electron chi connectivity index (χ1n) is 5.13. The number of anilines is 1. The van der Waals surface area contributed by atoms with Crippen LogP contribution in [0.15, 0.2) is 39.9 Å². The molecule has 1 aromatic carbocycles. The summed E-state index contributed by atoms with van der Waals surface area (Å²) in [6.45, 7) is 0. The number of rotatable bonds is 3. The Labute approximate surface area is 115 Å². The van der Waals surface area contributed by atoms with Crippen LogP contribution in [0, 0.1) is 5.82 Å². The molecule has 2 aromatic rings. The highest BCUT2D eigenvalue weighted by Crippen LogP contribution is 2.32. The number of nitrogens with one attached hydrogen (secondary N) is 1. The zero-order valence-electron chi connectivity index (χ0n) is 9.61. The van der Waals surface area contributed by atoms with Crippen LogP contribution >= 0.6 is 11.3 Å². The molecule has 0 aliphatic heterocycles. The maximum absolute atomic E-state index is 13.4. The zero-order chi connectivity index (χ0) is 15.0. The molecule has 108 valence electrons. The van der Waals surface area contributed by atoms with Crippen molar-refractivity contribution in [1.82, 2.24) is 0 Å². The second-order valence-electron chi connectivity index (χ2n) is 3.73. The smallest absolute Gasteiger partial charge is 0.276 e. The molecular weight excluding hydrogens is 318 g/mol. The molecule has 0 radical (unpaired) electrons. The van der Waals surface area contributed by atoms with Crippen molar-refractivity contribution in [3.8, 4) is 0 Å². The van der Waals surface area contributed by atoms with Crippen LogP contribution in [0.5, 0.6) is 0 Å². The lowest BCUT2D eigenvalue weighted by Gasteiger charge is -2.11. The minimum atomic E-state index is -4.68. The standard InChI is InChI=1S/C11H7F4NO2S2/c12-8-4-3-7(11(13,14)15)6-9(8)16-20(17,18)10-2-1-5-19-10/h1-6,16H. The molecule has 0 atom stereocenters. The zero-order valence-corrected chi connectivity index (χ0v) is 11.2. The third kappa shape index (κ3) is 3.10. The summed E-state index contributed by atoms with van der Waals surface area (Å²) in [7, 11) is -4.09. The first-order valence-corrected chi connectivity index (χ1v) is 7.49. The lowest BCUT2D eigenvalue weighted by molar-refractivity contribution is -0.137.